The summed E-state index contributed by atoms with van der Waals surface area (Å²) in [5.41, 5.74) is 7.54. The Morgan fingerprint density at radius 2 is 1.96 bits per heavy atom. The first kappa shape index (κ1) is 20.3. The molecule has 1 saturated carbocycles. The second-order valence-corrected chi connectivity index (χ2v) is 7.46. The van der Waals surface area contributed by atoms with E-state index < -0.39 is 0 Å². The number of hydrogen-bond donors (Lipinski definition) is 2. The topological polar surface area (TPSA) is 55.1 Å². The van der Waals surface area contributed by atoms with Crippen LogP contribution < -0.4 is 11.1 Å². The van der Waals surface area contributed by atoms with Gasteiger partial charge in [0.05, 0.1) is 6.04 Å². The molecule has 0 bridgehead atoms. The predicted octanol–water partition coefficient (Wildman–Crippen LogP) is 3.41. The number of rotatable bonds is 8. The molecular formula is C18H29ClN2OS. The van der Waals surface area contributed by atoms with Gasteiger partial charge in [0.1, 0.15) is 0 Å². The van der Waals surface area contributed by atoms with Crippen LogP contribution in [0.25, 0.3) is 0 Å². The van der Waals surface area contributed by atoms with Crippen molar-refractivity contribution in [2.45, 2.75) is 44.6 Å². The fraction of sp³-hybridized carbons (Fsp3) is 0.611. The number of hydrogen-bond acceptors (Lipinski definition) is 3. The Hall–Kier alpha value is -0.710. The average molecular weight is 357 g/mol. The van der Waals surface area contributed by atoms with Crippen molar-refractivity contribution in [1.82, 2.24) is 5.32 Å². The summed E-state index contributed by atoms with van der Waals surface area (Å²) in [4.78, 5) is 12.2. The van der Waals surface area contributed by atoms with Crippen molar-refractivity contribution in [3.63, 3.8) is 0 Å². The first-order valence-corrected chi connectivity index (χ1v) is 9.61. The smallest absolute Gasteiger partial charge is 0.236 e. The maximum Gasteiger partial charge on any atom is 0.236 e. The zero-order chi connectivity index (χ0) is 15.8. The van der Waals surface area contributed by atoms with Crippen molar-refractivity contribution in [2.75, 3.05) is 18.6 Å². The van der Waals surface area contributed by atoms with Crippen LogP contribution in [0.4, 0.5) is 0 Å². The highest BCUT2D eigenvalue weighted by Crippen LogP contribution is 2.40. The summed E-state index contributed by atoms with van der Waals surface area (Å²) in [5.74, 6) is 0.942. The largest absolute Gasteiger partial charge is 0.354 e. The number of carbonyl (C=O) groups excluding carboxylic acids is 1. The van der Waals surface area contributed by atoms with E-state index >= 15 is 0 Å². The van der Waals surface area contributed by atoms with E-state index in [4.69, 9.17) is 5.73 Å². The first-order chi connectivity index (χ1) is 10.7. The van der Waals surface area contributed by atoms with Crippen molar-refractivity contribution in [3.05, 3.63) is 35.9 Å². The molecule has 1 atom stereocenters. The van der Waals surface area contributed by atoms with E-state index in [1.165, 1.54) is 31.2 Å². The summed E-state index contributed by atoms with van der Waals surface area (Å²) >= 11 is 1.73. The van der Waals surface area contributed by atoms with Crippen LogP contribution in [0.15, 0.2) is 30.3 Å². The van der Waals surface area contributed by atoms with Gasteiger partial charge in [0.15, 0.2) is 0 Å². The van der Waals surface area contributed by atoms with Gasteiger partial charge in [-0.2, -0.15) is 11.8 Å². The fourth-order valence-electron chi connectivity index (χ4n) is 3.35. The average Bonchev–Trinajstić information content (AvgIpc) is 3.00. The molecule has 1 aliphatic carbocycles. The van der Waals surface area contributed by atoms with E-state index in [1.807, 2.05) is 6.26 Å². The van der Waals surface area contributed by atoms with Gasteiger partial charge < -0.3 is 11.1 Å². The van der Waals surface area contributed by atoms with Crippen LogP contribution in [0.5, 0.6) is 0 Å². The van der Waals surface area contributed by atoms with Crippen molar-refractivity contribution in [1.29, 1.82) is 0 Å². The van der Waals surface area contributed by atoms with E-state index in [0.29, 0.717) is 0 Å². The molecule has 1 fully saturated rings. The quantitative estimate of drug-likeness (QED) is 0.750. The van der Waals surface area contributed by atoms with Gasteiger partial charge in [-0.05, 0) is 48.7 Å². The Balaban J connectivity index is 0.00000264. The van der Waals surface area contributed by atoms with E-state index in [2.05, 4.69) is 35.6 Å². The molecule has 0 radical (unpaired) electrons. The number of thioether (sulfide) groups is 1. The summed E-state index contributed by atoms with van der Waals surface area (Å²) in [7, 11) is 0. The molecule has 0 heterocycles. The Labute approximate surface area is 150 Å². The molecule has 1 aromatic carbocycles. The third-order valence-corrected chi connectivity index (χ3v) is 5.34. The zero-order valence-electron chi connectivity index (χ0n) is 13.9. The maximum atomic E-state index is 12.2. The third kappa shape index (κ3) is 6.36. The lowest BCUT2D eigenvalue weighted by Crippen LogP contribution is -2.45. The molecule has 1 amide bonds. The van der Waals surface area contributed by atoms with Gasteiger partial charge >= 0.3 is 0 Å². The zero-order valence-corrected chi connectivity index (χ0v) is 15.6. The molecule has 0 spiro atoms. The highest BCUT2D eigenvalue weighted by atomic mass is 35.5. The monoisotopic (exact) mass is 356 g/mol. The van der Waals surface area contributed by atoms with Crippen LogP contribution in [0.1, 0.15) is 37.7 Å². The van der Waals surface area contributed by atoms with Crippen molar-refractivity contribution < 1.29 is 4.79 Å². The maximum absolute atomic E-state index is 12.2. The van der Waals surface area contributed by atoms with E-state index in [0.717, 1.165) is 25.1 Å². The molecule has 1 aliphatic rings. The molecule has 3 N–H and O–H groups in total. The van der Waals surface area contributed by atoms with Crippen LogP contribution in [0, 0.1) is 5.41 Å². The first-order valence-electron chi connectivity index (χ1n) is 8.21. The fourth-order valence-corrected chi connectivity index (χ4v) is 3.84. The summed E-state index contributed by atoms with van der Waals surface area (Å²) in [6.45, 7) is 0.758. The summed E-state index contributed by atoms with van der Waals surface area (Å²) in [5, 5.41) is 3.12. The minimum atomic E-state index is -0.373. The molecule has 0 aliphatic heterocycles. The molecule has 0 saturated heterocycles. The standard InChI is InChI=1S/C18H28N2OS.ClH/c1-22-12-9-16(19)17(21)20-14-18(10-5-6-11-18)13-15-7-3-2-4-8-15;/h2-4,7-8,16H,5-6,9-14,19H2,1H3,(H,20,21);1H. The number of halogens is 1. The lowest BCUT2D eigenvalue weighted by atomic mass is 9.80. The van der Waals surface area contributed by atoms with Crippen LogP contribution in [0.3, 0.4) is 0 Å². The second kappa shape index (κ2) is 10.2. The van der Waals surface area contributed by atoms with Gasteiger partial charge in [-0.25, -0.2) is 0 Å². The molecule has 0 aromatic heterocycles. The number of amides is 1. The van der Waals surface area contributed by atoms with Gasteiger partial charge in [-0.3, -0.25) is 4.79 Å². The Kier molecular flexibility index (Phi) is 9.03. The van der Waals surface area contributed by atoms with Gasteiger partial charge in [0.2, 0.25) is 5.91 Å². The molecule has 5 heteroatoms. The normalized spacial score (nSPS) is 17.3. The molecular weight excluding hydrogens is 328 g/mol. The Morgan fingerprint density at radius 3 is 2.57 bits per heavy atom. The molecule has 2 rings (SSSR count). The Morgan fingerprint density at radius 1 is 1.30 bits per heavy atom. The number of carbonyl (C=O) groups is 1. The van der Waals surface area contributed by atoms with Gasteiger partial charge in [-0.15, -0.1) is 12.4 Å². The summed E-state index contributed by atoms with van der Waals surface area (Å²) < 4.78 is 0. The summed E-state index contributed by atoms with van der Waals surface area (Å²) in [6, 6.07) is 10.2. The minimum Gasteiger partial charge on any atom is -0.354 e. The van der Waals surface area contributed by atoms with Gasteiger partial charge in [0.25, 0.3) is 0 Å². The second-order valence-electron chi connectivity index (χ2n) is 6.48. The molecule has 23 heavy (non-hydrogen) atoms. The van der Waals surface area contributed by atoms with Crippen molar-refractivity contribution in [3.8, 4) is 0 Å². The van der Waals surface area contributed by atoms with Crippen LogP contribution in [0.2, 0.25) is 0 Å². The predicted molar refractivity (Wildman–Crippen MR) is 102 cm³/mol. The number of benzene rings is 1. The Bertz CT molecular complexity index is 463. The van der Waals surface area contributed by atoms with E-state index in [1.54, 1.807) is 11.8 Å². The lowest BCUT2D eigenvalue weighted by Gasteiger charge is -2.30. The highest BCUT2D eigenvalue weighted by Gasteiger charge is 2.34. The molecule has 1 aromatic rings. The third-order valence-electron chi connectivity index (χ3n) is 4.69. The lowest BCUT2D eigenvalue weighted by molar-refractivity contribution is -0.122. The number of nitrogens with one attached hydrogen (secondary N) is 1. The number of nitrogens with two attached hydrogens (primary N) is 1. The SMILES string of the molecule is CSCCC(N)C(=O)NCC1(Cc2ccccc2)CCCC1.Cl. The molecule has 3 nitrogen and oxygen atoms in total. The van der Waals surface area contributed by atoms with Crippen LogP contribution in [-0.4, -0.2) is 30.5 Å². The molecule has 1 unspecified atom stereocenters. The van der Waals surface area contributed by atoms with Crippen LogP contribution >= 0.6 is 24.2 Å². The summed E-state index contributed by atoms with van der Waals surface area (Å²) in [6.07, 6.45) is 8.76. The van der Waals surface area contributed by atoms with Crippen molar-refractivity contribution >= 4 is 30.1 Å². The van der Waals surface area contributed by atoms with Crippen LogP contribution in [-0.2, 0) is 11.2 Å². The molecule has 130 valence electrons. The van der Waals surface area contributed by atoms with Gasteiger partial charge in [-0.1, -0.05) is 43.2 Å². The van der Waals surface area contributed by atoms with Crippen molar-refractivity contribution in [2.24, 2.45) is 11.1 Å². The highest BCUT2D eigenvalue weighted by molar-refractivity contribution is 7.98. The van der Waals surface area contributed by atoms with E-state index in [-0.39, 0.29) is 29.8 Å². The van der Waals surface area contributed by atoms with E-state index in [9.17, 15) is 4.79 Å². The minimum absolute atomic E-state index is 0. The van der Waals surface area contributed by atoms with Gasteiger partial charge in [0, 0.05) is 6.54 Å².